The summed E-state index contributed by atoms with van der Waals surface area (Å²) in [5.41, 5.74) is 0. The van der Waals surface area contributed by atoms with Gasteiger partial charge in [0.1, 0.15) is 0 Å². The highest BCUT2D eigenvalue weighted by Crippen LogP contribution is 2.48. The van der Waals surface area contributed by atoms with Crippen LogP contribution in [0.4, 0.5) is 0 Å². The van der Waals surface area contributed by atoms with Crippen LogP contribution in [0.2, 0.25) is 0 Å². The lowest BCUT2D eigenvalue weighted by atomic mass is 10.0. The molecule has 0 bridgehead atoms. The van der Waals surface area contributed by atoms with Gasteiger partial charge in [-0.25, -0.2) is 0 Å². The Labute approximate surface area is 187 Å². The first-order chi connectivity index (χ1) is 14.8. The van der Waals surface area contributed by atoms with Crippen molar-refractivity contribution >= 4 is 116 Å². The van der Waals surface area contributed by atoms with Crippen LogP contribution in [-0.2, 0) is 0 Å². The number of thiophene rings is 4. The first-order valence-corrected chi connectivity index (χ1v) is 13.2. The predicted molar refractivity (Wildman–Crippen MR) is 140 cm³/mol. The van der Waals surface area contributed by atoms with E-state index in [2.05, 4.69) is 72.1 Å². The van der Waals surface area contributed by atoms with E-state index in [4.69, 9.17) is 0 Å². The molecule has 0 fully saturated rings. The van der Waals surface area contributed by atoms with Crippen molar-refractivity contribution in [3.05, 3.63) is 72.1 Å². The highest BCUT2D eigenvalue weighted by Gasteiger charge is 2.16. The lowest BCUT2D eigenvalue weighted by Gasteiger charge is -2.03. The Balaban J connectivity index is 1.50. The van der Waals surface area contributed by atoms with Crippen LogP contribution in [0.15, 0.2) is 72.1 Å². The molecule has 4 aromatic heterocycles. The first-order valence-electron chi connectivity index (χ1n) is 9.83. The molecule has 8 aromatic rings. The summed E-state index contributed by atoms with van der Waals surface area (Å²) in [6, 6.07) is 25.2. The monoisotopic (exact) mass is 452 g/mol. The van der Waals surface area contributed by atoms with Crippen molar-refractivity contribution in [2.24, 2.45) is 0 Å². The molecular formula is C26H12S4. The second-order valence-electron chi connectivity index (χ2n) is 7.82. The summed E-state index contributed by atoms with van der Waals surface area (Å²) in [5.74, 6) is 0. The third kappa shape index (κ3) is 2.05. The van der Waals surface area contributed by atoms with E-state index in [1.807, 2.05) is 45.3 Å². The molecule has 0 N–H and O–H groups in total. The van der Waals surface area contributed by atoms with Gasteiger partial charge in [-0.1, -0.05) is 24.3 Å². The fraction of sp³-hybridized carbons (Fsp3) is 0. The minimum Gasteiger partial charge on any atom is -0.142 e. The first kappa shape index (κ1) is 16.2. The topological polar surface area (TPSA) is 0 Å². The van der Waals surface area contributed by atoms with E-state index in [0.717, 1.165) is 0 Å². The fourth-order valence-corrected chi connectivity index (χ4v) is 9.70. The van der Waals surface area contributed by atoms with E-state index < -0.39 is 0 Å². The largest absolute Gasteiger partial charge is 0.142 e. The molecule has 0 amide bonds. The van der Waals surface area contributed by atoms with Crippen LogP contribution in [0.3, 0.4) is 0 Å². The van der Waals surface area contributed by atoms with E-state index in [0.29, 0.717) is 0 Å². The van der Waals surface area contributed by atoms with Gasteiger partial charge in [0.05, 0.1) is 14.1 Å². The highest BCUT2D eigenvalue weighted by atomic mass is 32.1. The lowest BCUT2D eigenvalue weighted by Crippen LogP contribution is -1.76. The molecular weight excluding hydrogens is 441 g/mol. The third-order valence-electron chi connectivity index (χ3n) is 6.10. The van der Waals surface area contributed by atoms with Gasteiger partial charge in [-0.2, -0.15) is 0 Å². The van der Waals surface area contributed by atoms with Crippen molar-refractivity contribution in [1.29, 1.82) is 0 Å². The molecule has 0 radical (unpaired) electrons. The van der Waals surface area contributed by atoms with Gasteiger partial charge >= 0.3 is 0 Å². The molecule has 4 aromatic carbocycles. The van der Waals surface area contributed by atoms with Gasteiger partial charge in [0.15, 0.2) is 0 Å². The average Bonchev–Trinajstić information content (AvgIpc) is 3.49. The number of fused-ring (bicyclic) bond motifs is 10. The van der Waals surface area contributed by atoms with Crippen LogP contribution in [0.25, 0.3) is 70.6 Å². The van der Waals surface area contributed by atoms with Crippen LogP contribution in [0, 0.1) is 0 Å². The summed E-state index contributed by atoms with van der Waals surface area (Å²) in [5, 5.41) is 11.8. The summed E-state index contributed by atoms with van der Waals surface area (Å²) in [6.45, 7) is 0. The Hall–Kier alpha value is -2.50. The van der Waals surface area contributed by atoms with Crippen molar-refractivity contribution < 1.29 is 0 Å². The van der Waals surface area contributed by atoms with E-state index >= 15 is 0 Å². The van der Waals surface area contributed by atoms with Crippen LogP contribution < -0.4 is 0 Å². The third-order valence-corrected chi connectivity index (χ3v) is 10.8. The van der Waals surface area contributed by atoms with Crippen molar-refractivity contribution in [3.63, 3.8) is 0 Å². The number of hydrogen-bond acceptors (Lipinski definition) is 4. The Morgan fingerprint density at radius 1 is 0.433 bits per heavy atom. The zero-order valence-electron chi connectivity index (χ0n) is 15.6. The van der Waals surface area contributed by atoms with Gasteiger partial charge in [-0.05, 0) is 69.4 Å². The van der Waals surface area contributed by atoms with Crippen molar-refractivity contribution in [3.8, 4) is 0 Å². The van der Waals surface area contributed by atoms with E-state index in [1.165, 1.54) is 70.6 Å². The Kier molecular flexibility index (Phi) is 3.03. The van der Waals surface area contributed by atoms with Crippen LogP contribution in [0.5, 0.6) is 0 Å². The van der Waals surface area contributed by atoms with Gasteiger partial charge in [0.2, 0.25) is 0 Å². The Morgan fingerprint density at radius 2 is 1.07 bits per heavy atom. The normalized spacial score (nSPS) is 12.7. The summed E-state index contributed by atoms with van der Waals surface area (Å²) < 4.78 is 9.97. The molecule has 0 saturated carbocycles. The van der Waals surface area contributed by atoms with Crippen LogP contribution in [0.1, 0.15) is 0 Å². The van der Waals surface area contributed by atoms with E-state index in [9.17, 15) is 0 Å². The summed E-state index contributed by atoms with van der Waals surface area (Å²) >= 11 is 7.70. The minimum absolute atomic E-state index is 1.31. The van der Waals surface area contributed by atoms with Gasteiger partial charge in [-0.3, -0.25) is 0 Å². The number of hydrogen-bond donors (Lipinski definition) is 0. The molecule has 0 unspecified atom stereocenters. The van der Waals surface area contributed by atoms with Crippen LogP contribution in [-0.4, -0.2) is 0 Å². The molecule has 140 valence electrons. The fourth-order valence-electron chi connectivity index (χ4n) is 4.68. The quantitative estimate of drug-likeness (QED) is 0.201. The summed E-state index contributed by atoms with van der Waals surface area (Å²) in [6.07, 6.45) is 0. The SMILES string of the molecule is c1ccc2cc3cc4c(cc3cc2c1)sc1c2cc3c(cc2sc41)sc1ccsc13. The molecule has 0 aliphatic carbocycles. The highest BCUT2D eigenvalue weighted by molar-refractivity contribution is 7.37. The van der Waals surface area contributed by atoms with Crippen molar-refractivity contribution in [2.75, 3.05) is 0 Å². The molecule has 4 heteroatoms. The summed E-state index contributed by atoms with van der Waals surface area (Å²) in [4.78, 5) is 0. The smallest absolute Gasteiger partial charge is 0.0542 e. The van der Waals surface area contributed by atoms with Crippen LogP contribution >= 0.6 is 45.3 Å². The maximum absolute atomic E-state index is 2.45. The molecule has 0 aliphatic rings. The predicted octanol–water partition coefficient (Wildman–Crippen LogP) is 10.0. The van der Waals surface area contributed by atoms with Gasteiger partial charge < -0.3 is 0 Å². The zero-order chi connectivity index (χ0) is 19.4. The molecule has 0 aliphatic heterocycles. The molecule has 0 spiro atoms. The molecule has 0 saturated heterocycles. The van der Waals surface area contributed by atoms with Crippen molar-refractivity contribution in [1.82, 2.24) is 0 Å². The zero-order valence-corrected chi connectivity index (χ0v) is 18.8. The molecule has 0 atom stereocenters. The molecule has 30 heavy (non-hydrogen) atoms. The maximum atomic E-state index is 2.45. The minimum atomic E-state index is 1.31. The van der Waals surface area contributed by atoms with Gasteiger partial charge in [0, 0.05) is 35.0 Å². The van der Waals surface area contributed by atoms with E-state index in [-0.39, 0.29) is 0 Å². The second-order valence-corrected chi connectivity index (χ2v) is 11.9. The van der Waals surface area contributed by atoms with Crippen molar-refractivity contribution in [2.45, 2.75) is 0 Å². The van der Waals surface area contributed by atoms with E-state index in [1.54, 1.807) is 0 Å². The standard InChI is InChI=1S/C26H12S4/c1-2-4-14-8-16-10-21-17(9-15(16)7-13(14)3-1)25-26(29-21)19-11-18-22(12-23(19)30-25)28-20-5-6-27-24(18)20/h1-12H. The number of benzene rings is 4. The summed E-state index contributed by atoms with van der Waals surface area (Å²) in [7, 11) is 0. The molecule has 4 heterocycles. The average molecular weight is 453 g/mol. The molecule has 8 rings (SSSR count). The molecule has 0 nitrogen and oxygen atoms in total. The van der Waals surface area contributed by atoms with Gasteiger partial charge in [0.25, 0.3) is 0 Å². The second kappa shape index (κ2) is 5.59. The maximum Gasteiger partial charge on any atom is 0.0542 e. The van der Waals surface area contributed by atoms with Gasteiger partial charge in [-0.15, -0.1) is 45.3 Å². The lowest BCUT2D eigenvalue weighted by molar-refractivity contribution is 1.80. The number of rotatable bonds is 0. The Bertz CT molecular complexity index is 1960. The Morgan fingerprint density at radius 3 is 1.87 bits per heavy atom.